The Morgan fingerprint density at radius 2 is 2.40 bits per heavy atom. The minimum absolute atomic E-state index is 0.610. The average molecular weight is 202 g/mol. The third-order valence-corrected chi connectivity index (χ3v) is 1.80. The largest absolute Gasteiger partial charge is 0.241 e. The number of halogens is 2. The summed E-state index contributed by atoms with van der Waals surface area (Å²) < 4.78 is 13.4. The van der Waals surface area contributed by atoms with E-state index in [1.165, 1.54) is 6.08 Å². The maximum absolute atomic E-state index is 12.7. The monoisotopic (exact) mass is 201 g/mol. The van der Waals surface area contributed by atoms with Crippen molar-refractivity contribution in [2.75, 3.05) is 0 Å². The number of alkyl halides is 1. The second kappa shape index (κ2) is 2.98. The molecule has 1 aliphatic rings. The van der Waals surface area contributed by atoms with E-state index in [9.17, 15) is 4.39 Å². The van der Waals surface area contributed by atoms with E-state index in [-0.39, 0.29) is 0 Å². The Morgan fingerprint density at radius 1 is 1.70 bits per heavy atom. The fraction of sp³-hybridized carbons (Fsp3) is 0.286. The van der Waals surface area contributed by atoms with Gasteiger partial charge in [0.2, 0.25) is 0 Å². The molecule has 1 nitrogen and oxygen atoms in total. The highest BCUT2D eigenvalue weighted by Crippen LogP contribution is 2.22. The van der Waals surface area contributed by atoms with Gasteiger partial charge in [-0.15, -0.1) is 0 Å². The molecule has 0 aliphatic heterocycles. The lowest BCUT2D eigenvalue weighted by molar-refractivity contribution is 0.358. The van der Waals surface area contributed by atoms with Gasteiger partial charge < -0.3 is 0 Å². The second-order valence-corrected chi connectivity index (χ2v) is 2.93. The summed E-state index contributed by atoms with van der Waals surface area (Å²) in [6, 6.07) is 1.85. The molecule has 0 aromatic carbocycles. The highest BCUT2D eigenvalue weighted by atomic mass is 79.9. The first-order valence-corrected chi connectivity index (χ1v) is 3.62. The molecule has 3 heteroatoms. The first-order valence-electron chi connectivity index (χ1n) is 2.83. The van der Waals surface area contributed by atoms with Crippen LogP contribution in [0, 0.1) is 17.2 Å². The number of hydrogen-bond acceptors (Lipinski definition) is 1. The normalized spacial score (nSPS) is 31.1. The van der Waals surface area contributed by atoms with Crippen LogP contribution in [-0.4, -0.2) is 6.17 Å². The number of hydrogen-bond donors (Lipinski definition) is 0. The number of nitriles is 1. The summed E-state index contributed by atoms with van der Waals surface area (Å²) in [5.41, 5.74) is 0. The van der Waals surface area contributed by atoms with Crippen LogP contribution >= 0.6 is 15.9 Å². The summed E-state index contributed by atoms with van der Waals surface area (Å²) >= 11 is 3.11. The van der Waals surface area contributed by atoms with Gasteiger partial charge in [0.1, 0.15) is 6.17 Å². The van der Waals surface area contributed by atoms with Crippen molar-refractivity contribution in [3.63, 3.8) is 0 Å². The number of nitrogens with zero attached hydrogens (tertiary/aromatic N) is 1. The first kappa shape index (κ1) is 7.49. The molecule has 1 rings (SSSR count). The van der Waals surface area contributed by atoms with E-state index in [1.807, 2.05) is 6.07 Å². The molecule has 2 atom stereocenters. The first-order chi connectivity index (χ1) is 4.74. The van der Waals surface area contributed by atoms with Crippen LogP contribution < -0.4 is 0 Å². The maximum Gasteiger partial charge on any atom is 0.139 e. The van der Waals surface area contributed by atoms with Gasteiger partial charge >= 0.3 is 0 Å². The summed E-state index contributed by atoms with van der Waals surface area (Å²) in [7, 11) is 0. The van der Waals surface area contributed by atoms with Gasteiger partial charge in [0.05, 0.1) is 12.0 Å². The Bertz CT molecular complexity index is 226. The molecule has 0 aromatic rings. The van der Waals surface area contributed by atoms with Gasteiger partial charge in [0.15, 0.2) is 0 Å². The summed E-state index contributed by atoms with van der Waals surface area (Å²) in [6.07, 6.45) is 3.46. The molecule has 0 fully saturated rings. The standard InChI is InChI=1S/C7H5BrFN/c8-6-2-1-5(4-10)7(9)3-6/h1-3,5,7H. The summed E-state index contributed by atoms with van der Waals surface area (Å²) in [5, 5.41) is 8.36. The van der Waals surface area contributed by atoms with Crippen LogP contribution in [0.25, 0.3) is 0 Å². The average Bonchev–Trinajstić information content (AvgIpc) is 1.88. The Labute approximate surface area is 67.0 Å². The fourth-order valence-electron chi connectivity index (χ4n) is 0.727. The lowest BCUT2D eigenvalue weighted by Gasteiger charge is -2.10. The van der Waals surface area contributed by atoms with Crippen molar-refractivity contribution in [3.8, 4) is 6.07 Å². The highest BCUT2D eigenvalue weighted by molar-refractivity contribution is 9.11. The molecule has 0 spiro atoms. The van der Waals surface area contributed by atoms with Crippen molar-refractivity contribution in [1.29, 1.82) is 5.26 Å². The zero-order valence-corrected chi connectivity index (χ0v) is 6.68. The van der Waals surface area contributed by atoms with Crippen LogP contribution in [0.5, 0.6) is 0 Å². The van der Waals surface area contributed by atoms with E-state index in [1.54, 1.807) is 12.2 Å². The van der Waals surface area contributed by atoms with E-state index >= 15 is 0 Å². The summed E-state index contributed by atoms with van der Waals surface area (Å²) in [4.78, 5) is 0. The van der Waals surface area contributed by atoms with Crippen molar-refractivity contribution in [3.05, 3.63) is 22.7 Å². The molecule has 0 saturated heterocycles. The van der Waals surface area contributed by atoms with E-state index in [4.69, 9.17) is 5.26 Å². The molecule has 1 aliphatic carbocycles. The molecular weight excluding hydrogens is 197 g/mol. The molecule has 0 heterocycles. The van der Waals surface area contributed by atoms with Gasteiger partial charge in [0.25, 0.3) is 0 Å². The summed E-state index contributed by atoms with van der Waals surface area (Å²) in [6.45, 7) is 0. The molecule has 0 N–H and O–H groups in total. The third-order valence-electron chi connectivity index (χ3n) is 1.27. The Balaban J connectivity index is 2.76. The lowest BCUT2D eigenvalue weighted by Crippen LogP contribution is -2.11. The van der Waals surface area contributed by atoms with Crippen molar-refractivity contribution in [2.45, 2.75) is 6.17 Å². The highest BCUT2D eigenvalue weighted by Gasteiger charge is 2.18. The van der Waals surface area contributed by atoms with Crippen LogP contribution in [0.15, 0.2) is 22.7 Å². The molecule has 52 valence electrons. The predicted molar refractivity (Wildman–Crippen MR) is 40.1 cm³/mol. The molecule has 0 amide bonds. The van der Waals surface area contributed by atoms with Crippen molar-refractivity contribution < 1.29 is 4.39 Å². The van der Waals surface area contributed by atoms with Crippen LogP contribution in [-0.2, 0) is 0 Å². The molecular formula is C7H5BrFN. The number of allylic oxidation sites excluding steroid dienone is 4. The molecule has 2 unspecified atom stereocenters. The molecule has 10 heavy (non-hydrogen) atoms. The van der Waals surface area contributed by atoms with Gasteiger partial charge in [-0.25, -0.2) is 4.39 Å². The Hall–Kier alpha value is -0.620. The zero-order valence-electron chi connectivity index (χ0n) is 5.09. The van der Waals surface area contributed by atoms with Gasteiger partial charge in [0, 0.05) is 4.48 Å². The summed E-state index contributed by atoms with van der Waals surface area (Å²) in [5.74, 6) is -0.610. The SMILES string of the molecule is N#CC1C=CC(Br)=CC1F. The maximum atomic E-state index is 12.7. The predicted octanol–water partition coefficient (Wildman–Crippen LogP) is 2.31. The molecule has 0 radical (unpaired) electrons. The minimum atomic E-state index is -1.16. The van der Waals surface area contributed by atoms with E-state index in [2.05, 4.69) is 15.9 Å². The lowest BCUT2D eigenvalue weighted by atomic mass is 10.0. The molecule has 0 bridgehead atoms. The number of rotatable bonds is 0. The van der Waals surface area contributed by atoms with Gasteiger partial charge in [-0.1, -0.05) is 28.1 Å². The van der Waals surface area contributed by atoms with E-state index < -0.39 is 12.1 Å². The van der Waals surface area contributed by atoms with Crippen LogP contribution in [0.1, 0.15) is 0 Å². The van der Waals surface area contributed by atoms with Crippen LogP contribution in [0.2, 0.25) is 0 Å². The quantitative estimate of drug-likeness (QED) is 0.591. The third kappa shape index (κ3) is 1.45. The van der Waals surface area contributed by atoms with E-state index in [0.717, 1.165) is 0 Å². The van der Waals surface area contributed by atoms with Crippen LogP contribution in [0.3, 0.4) is 0 Å². The second-order valence-electron chi connectivity index (χ2n) is 2.01. The smallest absolute Gasteiger partial charge is 0.139 e. The van der Waals surface area contributed by atoms with Crippen molar-refractivity contribution in [2.24, 2.45) is 5.92 Å². The minimum Gasteiger partial charge on any atom is -0.241 e. The van der Waals surface area contributed by atoms with Gasteiger partial charge in [-0.3, -0.25) is 0 Å². The van der Waals surface area contributed by atoms with Gasteiger partial charge in [-0.2, -0.15) is 5.26 Å². The van der Waals surface area contributed by atoms with Gasteiger partial charge in [-0.05, 0) is 6.08 Å². The Kier molecular flexibility index (Phi) is 2.23. The fourth-order valence-corrected chi connectivity index (χ4v) is 1.13. The van der Waals surface area contributed by atoms with Crippen molar-refractivity contribution in [1.82, 2.24) is 0 Å². The van der Waals surface area contributed by atoms with Crippen LogP contribution in [0.4, 0.5) is 4.39 Å². The zero-order chi connectivity index (χ0) is 7.56. The van der Waals surface area contributed by atoms with E-state index in [0.29, 0.717) is 4.48 Å². The van der Waals surface area contributed by atoms with Crippen molar-refractivity contribution >= 4 is 15.9 Å². The molecule has 0 saturated carbocycles. The topological polar surface area (TPSA) is 23.8 Å². The molecule has 0 aromatic heterocycles. The Morgan fingerprint density at radius 3 is 2.90 bits per heavy atom.